The molecule has 3 heterocycles. The van der Waals surface area contributed by atoms with Crippen molar-refractivity contribution in [3.63, 3.8) is 0 Å². The first-order chi connectivity index (χ1) is 11.7. The highest BCUT2D eigenvalue weighted by Crippen LogP contribution is 2.39. The quantitative estimate of drug-likeness (QED) is 0.622. The summed E-state index contributed by atoms with van der Waals surface area (Å²) in [5.41, 5.74) is 1.01. The number of hydrogen-bond acceptors (Lipinski definition) is 5. The van der Waals surface area contributed by atoms with E-state index in [0.29, 0.717) is 0 Å². The van der Waals surface area contributed by atoms with Gasteiger partial charge in [-0.1, -0.05) is 23.4 Å². The molecule has 1 aromatic carbocycles. The van der Waals surface area contributed by atoms with Crippen molar-refractivity contribution in [3.8, 4) is 11.4 Å². The van der Waals surface area contributed by atoms with Gasteiger partial charge in [0.15, 0.2) is 11.0 Å². The second-order valence-electron chi connectivity index (χ2n) is 5.26. The Morgan fingerprint density at radius 2 is 2.08 bits per heavy atom. The Labute approximate surface area is 151 Å². The fourth-order valence-corrected chi connectivity index (χ4v) is 5.02. The number of pyridine rings is 1. The van der Waals surface area contributed by atoms with E-state index in [9.17, 15) is 4.39 Å². The third-order valence-corrected chi connectivity index (χ3v) is 6.22. The number of aromatic nitrogens is 4. The summed E-state index contributed by atoms with van der Waals surface area (Å²) in [5, 5.41) is 9.69. The summed E-state index contributed by atoms with van der Waals surface area (Å²) in [4.78, 5) is 5.01. The van der Waals surface area contributed by atoms with Crippen LogP contribution in [0.15, 0.2) is 52.8 Å². The summed E-state index contributed by atoms with van der Waals surface area (Å²) in [5.74, 6) is 2.27. The minimum Gasteiger partial charge on any atom is -0.297 e. The van der Waals surface area contributed by atoms with E-state index in [0.717, 1.165) is 32.9 Å². The van der Waals surface area contributed by atoms with Gasteiger partial charge in [-0.05, 0) is 30.3 Å². The first-order valence-electron chi connectivity index (χ1n) is 7.28. The standard InChI is InChI=1S/C16H12ClFN4S2/c17-13-7-12(1-2-14(13)18)23-8-11-9-24-16-21-20-15(22(11)16)10-3-5-19-6-4-10/h1-7,11H,8-9H2. The Bertz CT molecular complexity index is 872. The van der Waals surface area contributed by atoms with Crippen LogP contribution in [0, 0.1) is 5.82 Å². The monoisotopic (exact) mass is 378 g/mol. The highest BCUT2D eigenvalue weighted by Gasteiger charge is 2.28. The van der Waals surface area contributed by atoms with Crippen LogP contribution in [0.2, 0.25) is 5.02 Å². The van der Waals surface area contributed by atoms with E-state index < -0.39 is 5.82 Å². The molecule has 4 nitrogen and oxygen atoms in total. The summed E-state index contributed by atoms with van der Waals surface area (Å²) < 4.78 is 15.4. The van der Waals surface area contributed by atoms with Crippen LogP contribution in [0.25, 0.3) is 11.4 Å². The molecule has 1 aliphatic rings. The molecule has 2 aromatic heterocycles. The molecule has 0 spiro atoms. The van der Waals surface area contributed by atoms with Crippen LogP contribution in [0.1, 0.15) is 6.04 Å². The number of nitrogens with zero attached hydrogens (tertiary/aromatic N) is 4. The van der Waals surface area contributed by atoms with E-state index in [1.807, 2.05) is 12.1 Å². The van der Waals surface area contributed by atoms with Gasteiger partial charge in [-0.2, -0.15) is 0 Å². The molecule has 3 aromatic rings. The van der Waals surface area contributed by atoms with Gasteiger partial charge in [0.05, 0.1) is 11.1 Å². The van der Waals surface area contributed by atoms with E-state index in [2.05, 4.69) is 19.7 Å². The molecule has 8 heteroatoms. The van der Waals surface area contributed by atoms with E-state index >= 15 is 0 Å². The van der Waals surface area contributed by atoms with Crippen molar-refractivity contribution in [2.75, 3.05) is 11.5 Å². The van der Waals surface area contributed by atoms with Gasteiger partial charge >= 0.3 is 0 Å². The molecule has 0 fully saturated rings. The largest absolute Gasteiger partial charge is 0.297 e. The lowest BCUT2D eigenvalue weighted by Gasteiger charge is -2.14. The lowest BCUT2D eigenvalue weighted by molar-refractivity contribution is 0.597. The van der Waals surface area contributed by atoms with Gasteiger partial charge in [-0.3, -0.25) is 9.55 Å². The zero-order chi connectivity index (χ0) is 16.5. The van der Waals surface area contributed by atoms with Crippen molar-refractivity contribution < 1.29 is 4.39 Å². The van der Waals surface area contributed by atoms with Crippen LogP contribution in [-0.2, 0) is 0 Å². The molecule has 0 amide bonds. The molecule has 0 radical (unpaired) electrons. The van der Waals surface area contributed by atoms with Gasteiger partial charge in [0.25, 0.3) is 0 Å². The maximum atomic E-state index is 13.3. The molecular formula is C16H12ClFN4S2. The highest BCUT2D eigenvalue weighted by atomic mass is 35.5. The number of hydrogen-bond donors (Lipinski definition) is 0. The maximum absolute atomic E-state index is 13.3. The van der Waals surface area contributed by atoms with Crippen molar-refractivity contribution in [1.29, 1.82) is 0 Å². The second-order valence-corrected chi connectivity index (χ2v) is 7.75. The highest BCUT2D eigenvalue weighted by molar-refractivity contribution is 8.00. The van der Waals surface area contributed by atoms with Gasteiger partial charge in [0.2, 0.25) is 0 Å². The fourth-order valence-electron chi connectivity index (χ4n) is 2.53. The van der Waals surface area contributed by atoms with Crippen molar-refractivity contribution in [3.05, 3.63) is 53.6 Å². The van der Waals surface area contributed by atoms with Crippen LogP contribution in [-0.4, -0.2) is 31.3 Å². The van der Waals surface area contributed by atoms with Crippen LogP contribution in [0.5, 0.6) is 0 Å². The molecule has 1 aliphatic heterocycles. The number of benzene rings is 1. The summed E-state index contributed by atoms with van der Waals surface area (Å²) in [6.45, 7) is 0. The lowest BCUT2D eigenvalue weighted by Crippen LogP contribution is -2.11. The SMILES string of the molecule is Fc1ccc(SCC2CSc3nnc(-c4ccncc4)n32)cc1Cl. The van der Waals surface area contributed by atoms with Crippen molar-refractivity contribution >= 4 is 35.1 Å². The number of halogens is 2. The topological polar surface area (TPSA) is 43.6 Å². The first kappa shape index (κ1) is 15.9. The van der Waals surface area contributed by atoms with Crippen LogP contribution in [0.4, 0.5) is 4.39 Å². The summed E-state index contributed by atoms with van der Waals surface area (Å²) in [7, 11) is 0. The van der Waals surface area contributed by atoms with Crippen molar-refractivity contribution in [1.82, 2.24) is 19.7 Å². The second kappa shape index (κ2) is 6.74. The van der Waals surface area contributed by atoms with Crippen molar-refractivity contribution in [2.24, 2.45) is 0 Å². The minimum atomic E-state index is -0.390. The third kappa shape index (κ3) is 3.03. The number of rotatable bonds is 4. The Balaban J connectivity index is 1.55. The normalized spacial score (nSPS) is 16.3. The van der Waals surface area contributed by atoms with Gasteiger partial charge in [-0.15, -0.1) is 22.0 Å². The molecule has 122 valence electrons. The van der Waals surface area contributed by atoms with E-state index in [1.165, 1.54) is 6.07 Å². The average molecular weight is 379 g/mol. The Morgan fingerprint density at radius 1 is 1.25 bits per heavy atom. The predicted molar refractivity (Wildman–Crippen MR) is 95.1 cm³/mol. The number of fused-ring (bicyclic) bond motifs is 1. The molecule has 0 aliphatic carbocycles. The molecule has 24 heavy (non-hydrogen) atoms. The van der Waals surface area contributed by atoms with Crippen molar-refractivity contribution in [2.45, 2.75) is 16.1 Å². The van der Waals surface area contributed by atoms with Crippen LogP contribution in [0.3, 0.4) is 0 Å². The fraction of sp³-hybridized carbons (Fsp3) is 0.188. The molecule has 0 saturated carbocycles. The summed E-state index contributed by atoms with van der Waals surface area (Å²) in [6.07, 6.45) is 3.51. The average Bonchev–Trinajstić information content (AvgIpc) is 3.19. The van der Waals surface area contributed by atoms with Gasteiger partial charge in [0.1, 0.15) is 5.82 Å². The van der Waals surface area contributed by atoms with Gasteiger partial charge in [-0.25, -0.2) is 4.39 Å². The molecule has 0 saturated heterocycles. The molecule has 1 unspecified atom stereocenters. The summed E-state index contributed by atoms with van der Waals surface area (Å²) >= 11 is 9.22. The lowest BCUT2D eigenvalue weighted by atomic mass is 10.2. The Kier molecular flexibility index (Phi) is 4.47. The van der Waals surface area contributed by atoms with Gasteiger partial charge < -0.3 is 0 Å². The third-order valence-electron chi connectivity index (χ3n) is 3.71. The smallest absolute Gasteiger partial charge is 0.191 e. The van der Waals surface area contributed by atoms with Crippen LogP contribution < -0.4 is 0 Å². The molecule has 0 N–H and O–H groups in total. The maximum Gasteiger partial charge on any atom is 0.191 e. The Morgan fingerprint density at radius 3 is 2.88 bits per heavy atom. The Hall–Kier alpha value is -1.57. The van der Waals surface area contributed by atoms with E-state index in [4.69, 9.17) is 11.6 Å². The van der Waals surface area contributed by atoms with E-state index in [-0.39, 0.29) is 11.1 Å². The minimum absolute atomic E-state index is 0.156. The zero-order valence-corrected chi connectivity index (χ0v) is 14.8. The zero-order valence-electron chi connectivity index (χ0n) is 12.4. The first-order valence-corrected chi connectivity index (χ1v) is 9.63. The molecular weight excluding hydrogens is 367 g/mol. The molecule has 1 atom stereocenters. The van der Waals surface area contributed by atoms with E-state index in [1.54, 1.807) is 48.1 Å². The number of thioether (sulfide) groups is 2. The molecule has 0 bridgehead atoms. The van der Waals surface area contributed by atoms with Crippen LogP contribution >= 0.6 is 35.1 Å². The predicted octanol–water partition coefficient (Wildman–Crippen LogP) is 4.57. The van der Waals surface area contributed by atoms with Gasteiger partial charge in [0, 0.05) is 34.4 Å². The summed E-state index contributed by atoms with van der Waals surface area (Å²) in [6, 6.07) is 8.97. The molecule has 4 rings (SSSR count).